The molecule has 18 heavy (non-hydrogen) atoms. The van der Waals surface area contributed by atoms with Gasteiger partial charge in [-0.2, -0.15) is 0 Å². The number of aryl methyl sites for hydroxylation is 1. The number of hydrogen-bond acceptors (Lipinski definition) is 5. The van der Waals surface area contributed by atoms with Crippen LogP contribution in [0.25, 0.3) is 0 Å². The predicted molar refractivity (Wildman–Crippen MR) is 71.9 cm³/mol. The molecule has 2 aromatic rings. The summed E-state index contributed by atoms with van der Waals surface area (Å²) in [6.07, 6.45) is 1.64. The van der Waals surface area contributed by atoms with Crippen LogP contribution < -0.4 is 10.5 Å². The van der Waals surface area contributed by atoms with Crippen molar-refractivity contribution in [3.05, 3.63) is 41.8 Å². The van der Waals surface area contributed by atoms with Gasteiger partial charge in [-0.25, -0.2) is 4.98 Å². The molecule has 4 nitrogen and oxygen atoms in total. The summed E-state index contributed by atoms with van der Waals surface area (Å²) < 4.78 is 10.6. The van der Waals surface area contributed by atoms with Gasteiger partial charge < -0.3 is 14.9 Å². The minimum atomic E-state index is 0.109. The molecular weight excluding hydrogens is 248 g/mol. The smallest absolute Gasteiger partial charge is 0.256 e. The standard InChI is InChI=1S/C13H16N2O2S/c1-9-8-17-13(15-9)18-12(7-14)10-4-3-5-11(6-10)16-2/h3-6,8,12H,7,14H2,1-2H3. The Balaban J connectivity index is 2.17. The Labute approximate surface area is 111 Å². The minimum Gasteiger partial charge on any atom is -0.497 e. The first-order valence-electron chi connectivity index (χ1n) is 5.65. The normalized spacial score (nSPS) is 12.4. The van der Waals surface area contributed by atoms with Gasteiger partial charge in [0.15, 0.2) is 0 Å². The van der Waals surface area contributed by atoms with Gasteiger partial charge in [-0.3, -0.25) is 0 Å². The van der Waals surface area contributed by atoms with Crippen LogP contribution in [0.15, 0.2) is 40.2 Å². The number of methoxy groups -OCH3 is 1. The molecule has 0 spiro atoms. The quantitative estimate of drug-likeness (QED) is 0.841. The molecule has 0 bridgehead atoms. The second-order valence-corrected chi connectivity index (χ2v) is 5.03. The zero-order chi connectivity index (χ0) is 13.0. The van der Waals surface area contributed by atoms with Crippen molar-refractivity contribution < 1.29 is 9.15 Å². The Kier molecular flexibility index (Phi) is 4.28. The molecule has 0 amide bonds. The Morgan fingerprint density at radius 2 is 2.33 bits per heavy atom. The van der Waals surface area contributed by atoms with E-state index in [-0.39, 0.29) is 5.25 Å². The molecule has 0 aliphatic heterocycles. The lowest BCUT2D eigenvalue weighted by Gasteiger charge is -2.13. The van der Waals surface area contributed by atoms with E-state index in [0.717, 1.165) is 17.0 Å². The van der Waals surface area contributed by atoms with Crippen LogP contribution in [0.3, 0.4) is 0 Å². The highest BCUT2D eigenvalue weighted by Gasteiger charge is 2.15. The van der Waals surface area contributed by atoms with Gasteiger partial charge in [0.2, 0.25) is 0 Å². The topological polar surface area (TPSA) is 61.3 Å². The first-order chi connectivity index (χ1) is 8.72. The zero-order valence-corrected chi connectivity index (χ0v) is 11.2. The molecule has 96 valence electrons. The van der Waals surface area contributed by atoms with Gasteiger partial charge in [0.25, 0.3) is 5.22 Å². The zero-order valence-electron chi connectivity index (χ0n) is 10.4. The average molecular weight is 264 g/mol. The summed E-state index contributed by atoms with van der Waals surface area (Å²) in [6, 6.07) is 7.89. The summed E-state index contributed by atoms with van der Waals surface area (Å²) >= 11 is 1.52. The molecular formula is C13H16N2O2S. The first-order valence-corrected chi connectivity index (χ1v) is 6.53. The maximum absolute atomic E-state index is 5.82. The number of nitrogens with two attached hydrogens (primary N) is 1. The van der Waals surface area contributed by atoms with Gasteiger partial charge in [-0.15, -0.1) is 0 Å². The summed E-state index contributed by atoms with van der Waals surface area (Å²) in [4.78, 5) is 4.28. The lowest BCUT2D eigenvalue weighted by Crippen LogP contribution is -2.09. The number of thioether (sulfide) groups is 1. The van der Waals surface area contributed by atoms with Gasteiger partial charge in [0.05, 0.1) is 18.1 Å². The minimum absolute atomic E-state index is 0.109. The first kappa shape index (κ1) is 13.0. The average Bonchev–Trinajstić information content (AvgIpc) is 2.81. The van der Waals surface area contributed by atoms with Gasteiger partial charge in [-0.05, 0) is 24.6 Å². The van der Waals surface area contributed by atoms with Crippen LogP contribution in [0.4, 0.5) is 0 Å². The fourth-order valence-corrected chi connectivity index (χ4v) is 2.52. The van der Waals surface area contributed by atoms with E-state index in [0.29, 0.717) is 11.8 Å². The van der Waals surface area contributed by atoms with Crippen LogP contribution in [0, 0.1) is 6.92 Å². The Morgan fingerprint density at radius 3 is 2.94 bits per heavy atom. The third kappa shape index (κ3) is 3.05. The number of rotatable bonds is 5. The van der Waals surface area contributed by atoms with Crippen molar-refractivity contribution in [3.8, 4) is 5.75 Å². The highest BCUT2D eigenvalue weighted by molar-refractivity contribution is 7.99. The highest BCUT2D eigenvalue weighted by Crippen LogP contribution is 2.34. The second-order valence-electron chi connectivity index (χ2n) is 3.87. The molecule has 0 fully saturated rings. The van der Waals surface area contributed by atoms with Crippen LogP contribution in [0.5, 0.6) is 5.75 Å². The van der Waals surface area contributed by atoms with E-state index in [1.54, 1.807) is 13.4 Å². The van der Waals surface area contributed by atoms with Gasteiger partial charge in [0, 0.05) is 6.54 Å². The van der Waals surface area contributed by atoms with E-state index in [1.165, 1.54) is 11.8 Å². The maximum Gasteiger partial charge on any atom is 0.256 e. The van der Waals surface area contributed by atoms with E-state index in [1.807, 2.05) is 31.2 Å². The molecule has 2 N–H and O–H groups in total. The summed E-state index contributed by atoms with van der Waals surface area (Å²) in [5.41, 5.74) is 7.80. The number of benzene rings is 1. The van der Waals surface area contributed by atoms with Gasteiger partial charge >= 0.3 is 0 Å². The van der Waals surface area contributed by atoms with E-state index in [2.05, 4.69) is 4.98 Å². The maximum atomic E-state index is 5.82. The number of oxazole rings is 1. The second kappa shape index (κ2) is 5.93. The molecule has 1 aromatic heterocycles. The van der Waals surface area contributed by atoms with E-state index >= 15 is 0 Å². The van der Waals surface area contributed by atoms with Crippen molar-refractivity contribution in [3.63, 3.8) is 0 Å². The van der Waals surface area contributed by atoms with Crippen molar-refractivity contribution in [2.24, 2.45) is 5.73 Å². The van der Waals surface area contributed by atoms with Crippen molar-refractivity contribution in [2.45, 2.75) is 17.4 Å². The van der Waals surface area contributed by atoms with E-state index < -0.39 is 0 Å². The molecule has 0 saturated carbocycles. The third-order valence-electron chi connectivity index (χ3n) is 2.52. The van der Waals surface area contributed by atoms with E-state index in [9.17, 15) is 0 Å². The molecule has 1 aromatic carbocycles. The van der Waals surface area contributed by atoms with Crippen LogP contribution in [-0.4, -0.2) is 18.6 Å². The van der Waals surface area contributed by atoms with Crippen LogP contribution in [-0.2, 0) is 0 Å². The molecule has 0 radical (unpaired) electrons. The summed E-state index contributed by atoms with van der Waals surface area (Å²) in [7, 11) is 1.65. The Bertz CT molecular complexity index is 513. The number of ether oxygens (including phenoxy) is 1. The molecule has 0 aliphatic carbocycles. The van der Waals surface area contributed by atoms with E-state index in [4.69, 9.17) is 14.9 Å². The summed E-state index contributed by atoms with van der Waals surface area (Å²) in [6.45, 7) is 2.41. The summed E-state index contributed by atoms with van der Waals surface area (Å²) in [5, 5.41) is 0.754. The molecule has 5 heteroatoms. The Hall–Kier alpha value is -1.46. The lowest BCUT2D eigenvalue weighted by atomic mass is 10.1. The molecule has 1 unspecified atom stereocenters. The van der Waals surface area contributed by atoms with Crippen LogP contribution in [0.2, 0.25) is 0 Å². The Morgan fingerprint density at radius 1 is 1.50 bits per heavy atom. The van der Waals surface area contributed by atoms with Crippen molar-refractivity contribution in [1.82, 2.24) is 4.98 Å². The number of aromatic nitrogens is 1. The van der Waals surface area contributed by atoms with Gasteiger partial charge in [-0.1, -0.05) is 23.9 Å². The summed E-state index contributed by atoms with van der Waals surface area (Å²) in [5.74, 6) is 0.829. The SMILES string of the molecule is COc1cccc(C(CN)Sc2nc(C)co2)c1. The number of nitrogens with zero attached hydrogens (tertiary/aromatic N) is 1. The molecule has 0 saturated heterocycles. The third-order valence-corrected chi connectivity index (χ3v) is 3.66. The molecule has 2 rings (SSSR count). The van der Waals surface area contributed by atoms with Crippen LogP contribution in [0.1, 0.15) is 16.5 Å². The fraction of sp³-hybridized carbons (Fsp3) is 0.308. The molecule has 0 aliphatic rings. The highest BCUT2D eigenvalue weighted by atomic mass is 32.2. The molecule has 1 heterocycles. The largest absolute Gasteiger partial charge is 0.497 e. The lowest BCUT2D eigenvalue weighted by molar-refractivity contribution is 0.414. The van der Waals surface area contributed by atoms with Crippen molar-refractivity contribution >= 4 is 11.8 Å². The predicted octanol–water partition coefficient (Wildman–Crippen LogP) is 2.78. The molecule has 1 atom stereocenters. The fourth-order valence-electron chi connectivity index (χ4n) is 1.60. The van der Waals surface area contributed by atoms with Crippen molar-refractivity contribution in [1.29, 1.82) is 0 Å². The van der Waals surface area contributed by atoms with Crippen LogP contribution >= 0.6 is 11.8 Å². The monoisotopic (exact) mass is 264 g/mol. The van der Waals surface area contributed by atoms with Crippen molar-refractivity contribution in [2.75, 3.05) is 13.7 Å². The van der Waals surface area contributed by atoms with Gasteiger partial charge in [0.1, 0.15) is 12.0 Å². The number of hydrogen-bond donors (Lipinski definition) is 1.